The number of hydrogen-bond donors (Lipinski definition) is 0. The van der Waals surface area contributed by atoms with Gasteiger partial charge in [-0.2, -0.15) is 0 Å². The molecule has 0 aliphatic rings. The van der Waals surface area contributed by atoms with Gasteiger partial charge >= 0.3 is 0 Å². The zero-order chi connectivity index (χ0) is 10.1. The Hall–Kier alpha value is -0.273. The highest BCUT2D eigenvalue weighted by Gasteiger charge is 2.24. The first-order valence-corrected chi connectivity index (χ1v) is 6.06. The van der Waals surface area contributed by atoms with Crippen molar-refractivity contribution in [3.05, 3.63) is 29.8 Å². The van der Waals surface area contributed by atoms with Crippen molar-refractivity contribution in [3.63, 3.8) is 0 Å². The quantitative estimate of drug-likeness (QED) is 0.494. The lowest BCUT2D eigenvalue weighted by atomic mass is 9.87. The van der Waals surface area contributed by atoms with Crippen molar-refractivity contribution in [1.29, 1.82) is 0 Å². The van der Waals surface area contributed by atoms with Crippen LogP contribution in [-0.4, -0.2) is 10.2 Å². The second-order valence-electron chi connectivity index (χ2n) is 4.59. The van der Waals surface area contributed by atoms with Crippen LogP contribution in [-0.2, 0) is 0 Å². The van der Waals surface area contributed by atoms with Crippen LogP contribution in [0.25, 0.3) is 0 Å². The molecule has 2 heteroatoms. The summed E-state index contributed by atoms with van der Waals surface area (Å²) < 4.78 is 0. The Morgan fingerprint density at radius 2 is 1.77 bits per heavy atom. The Morgan fingerprint density at radius 3 is 2.23 bits per heavy atom. The Morgan fingerprint density at radius 1 is 1.23 bits per heavy atom. The molecule has 72 valence electrons. The van der Waals surface area contributed by atoms with Gasteiger partial charge in [0.25, 0.3) is 0 Å². The van der Waals surface area contributed by atoms with E-state index in [1.165, 1.54) is 10.8 Å². The van der Waals surface area contributed by atoms with Crippen LogP contribution in [0.3, 0.4) is 0 Å². The molecule has 0 heterocycles. The average molecular weight is 213 g/mol. The SMILES string of the molecule is CC(C)(C)C(Cl)c1ccccc1[SiH3]. The average Bonchev–Trinajstić information content (AvgIpc) is 2.02. The molecule has 0 fully saturated rings. The highest BCUT2D eigenvalue weighted by Crippen LogP contribution is 2.37. The van der Waals surface area contributed by atoms with Crippen LogP contribution in [0.2, 0.25) is 0 Å². The van der Waals surface area contributed by atoms with Gasteiger partial charge in [0, 0.05) is 10.2 Å². The topological polar surface area (TPSA) is 0 Å². The predicted molar refractivity (Wildman–Crippen MR) is 64.1 cm³/mol. The molecule has 0 radical (unpaired) electrons. The fourth-order valence-electron chi connectivity index (χ4n) is 1.34. The molecule has 13 heavy (non-hydrogen) atoms. The van der Waals surface area contributed by atoms with Crippen LogP contribution in [0.4, 0.5) is 0 Å². The summed E-state index contributed by atoms with van der Waals surface area (Å²) in [7, 11) is 1.07. The summed E-state index contributed by atoms with van der Waals surface area (Å²) >= 11 is 6.41. The van der Waals surface area contributed by atoms with Gasteiger partial charge < -0.3 is 0 Å². The van der Waals surface area contributed by atoms with Gasteiger partial charge in [0.05, 0.1) is 5.38 Å². The predicted octanol–water partition coefficient (Wildman–Crippen LogP) is 2.00. The molecule has 1 unspecified atom stereocenters. The van der Waals surface area contributed by atoms with Crippen LogP contribution >= 0.6 is 11.6 Å². The molecule has 0 amide bonds. The number of alkyl halides is 1. The summed E-state index contributed by atoms with van der Waals surface area (Å²) in [4.78, 5) is 0. The van der Waals surface area contributed by atoms with Crippen LogP contribution in [0.15, 0.2) is 24.3 Å². The zero-order valence-electron chi connectivity index (χ0n) is 8.76. The maximum Gasteiger partial charge on any atom is 0.0632 e. The van der Waals surface area contributed by atoms with Gasteiger partial charge in [-0.1, -0.05) is 50.2 Å². The number of halogens is 1. The van der Waals surface area contributed by atoms with Gasteiger partial charge in [-0.25, -0.2) is 0 Å². The summed E-state index contributed by atoms with van der Waals surface area (Å²) in [5.74, 6) is 0. The van der Waals surface area contributed by atoms with Gasteiger partial charge in [-0.15, -0.1) is 11.6 Å². The molecule has 0 nitrogen and oxygen atoms in total. The summed E-state index contributed by atoms with van der Waals surface area (Å²) in [5.41, 5.74) is 1.45. The lowest BCUT2D eigenvalue weighted by molar-refractivity contribution is 0.397. The van der Waals surface area contributed by atoms with E-state index in [-0.39, 0.29) is 10.8 Å². The van der Waals surface area contributed by atoms with Crippen molar-refractivity contribution in [1.82, 2.24) is 0 Å². The summed E-state index contributed by atoms with van der Waals surface area (Å²) in [6, 6.07) is 8.46. The van der Waals surface area contributed by atoms with Crippen LogP contribution in [0.1, 0.15) is 31.7 Å². The van der Waals surface area contributed by atoms with E-state index >= 15 is 0 Å². The molecule has 1 aromatic rings. The van der Waals surface area contributed by atoms with E-state index in [4.69, 9.17) is 11.6 Å². The van der Waals surface area contributed by atoms with Crippen LogP contribution < -0.4 is 5.19 Å². The maximum absolute atomic E-state index is 6.41. The molecular weight excluding hydrogens is 196 g/mol. The molecule has 0 saturated heterocycles. The lowest BCUT2D eigenvalue weighted by Gasteiger charge is -2.26. The molecule has 0 aliphatic heterocycles. The highest BCUT2D eigenvalue weighted by molar-refractivity contribution is 6.35. The van der Waals surface area contributed by atoms with Crippen molar-refractivity contribution < 1.29 is 0 Å². The second-order valence-corrected chi connectivity index (χ2v) is 6.10. The maximum atomic E-state index is 6.41. The molecule has 0 N–H and O–H groups in total. The third-order valence-electron chi connectivity index (χ3n) is 2.22. The van der Waals surface area contributed by atoms with E-state index < -0.39 is 0 Å². The van der Waals surface area contributed by atoms with Crippen molar-refractivity contribution in [2.75, 3.05) is 0 Å². The molecule has 1 atom stereocenters. The van der Waals surface area contributed by atoms with E-state index in [9.17, 15) is 0 Å². The normalized spacial score (nSPS) is 14.5. The molecule has 0 saturated carbocycles. The second kappa shape index (κ2) is 3.85. The van der Waals surface area contributed by atoms with Crippen molar-refractivity contribution in [2.45, 2.75) is 26.1 Å². The standard InChI is InChI=1S/C11H17ClSi/c1-11(2,3)10(12)8-6-4-5-7-9(8)13/h4-7,10H,1-3,13H3. The summed E-state index contributed by atoms with van der Waals surface area (Å²) in [5, 5.41) is 1.54. The number of benzene rings is 1. The Labute approximate surface area is 88.7 Å². The molecule has 0 aliphatic carbocycles. The zero-order valence-corrected chi connectivity index (χ0v) is 11.5. The third kappa shape index (κ3) is 2.58. The van der Waals surface area contributed by atoms with Gasteiger partial charge in [0.2, 0.25) is 0 Å². The van der Waals surface area contributed by atoms with E-state index in [0.717, 1.165) is 10.2 Å². The van der Waals surface area contributed by atoms with E-state index in [2.05, 4.69) is 45.0 Å². The molecule has 0 aromatic heterocycles. The Balaban J connectivity index is 3.02. The van der Waals surface area contributed by atoms with Crippen LogP contribution in [0.5, 0.6) is 0 Å². The fraction of sp³-hybridized carbons (Fsp3) is 0.455. The summed E-state index contributed by atoms with van der Waals surface area (Å²) in [6.45, 7) is 6.54. The van der Waals surface area contributed by atoms with Crippen molar-refractivity contribution >= 4 is 27.0 Å². The van der Waals surface area contributed by atoms with Gasteiger partial charge in [0.1, 0.15) is 0 Å². The minimum absolute atomic E-state index is 0.126. The minimum atomic E-state index is 0.126. The van der Waals surface area contributed by atoms with E-state index in [1.54, 1.807) is 0 Å². The minimum Gasteiger partial charge on any atom is -0.117 e. The van der Waals surface area contributed by atoms with E-state index in [0.29, 0.717) is 0 Å². The molecule has 1 rings (SSSR count). The monoisotopic (exact) mass is 212 g/mol. The first-order chi connectivity index (χ1) is 5.93. The number of hydrogen-bond acceptors (Lipinski definition) is 0. The fourth-order valence-corrected chi connectivity index (χ4v) is 2.41. The van der Waals surface area contributed by atoms with Gasteiger partial charge in [-0.3, -0.25) is 0 Å². The first-order valence-electron chi connectivity index (χ1n) is 4.62. The third-order valence-corrected chi connectivity index (χ3v) is 4.02. The van der Waals surface area contributed by atoms with Gasteiger partial charge in [-0.05, 0) is 11.0 Å². The van der Waals surface area contributed by atoms with Crippen LogP contribution in [0, 0.1) is 5.41 Å². The molecule has 1 aromatic carbocycles. The molecule has 0 spiro atoms. The van der Waals surface area contributed by atoms with Crippen molar-refractivity contribution in [2.24, 2.45) is 5.41 Å². The van der Waals surface area contributed by atoms with Crippen molar-refractivity contribution in [3.8, 4) is 0 Å². The Bertz CT molecular complexity index is 288. The largest absolute Gasteiger partial charge is 0.117 e. The lowest BCUT2D eigenvalue weighted by Crippen LogP contribution is -2.20. The Kier molecular flexibility index (Phi) is 3.20. The highest BCUT2D eigenvalue weighted by atomic mass is 35.5. The molecular formula is C11H17ClSi. The molecule has 0 bridgehead atoms. The van der Waals surface area contributed by atoms with E-state index in [1.807, 2.05) is 0 Å². The number of rotatable bonds is 1. The summed E-state index contributed by atoms with van der Waals surface area (Å²) in [6.07, 6.45) is 0. The smallest absolute Gasteiger partial charge is 0.0632 e. The van der Waals surface area contributed by atoms with Gasteiger partial charge in [0.15, 0.2) is 0 Å². The first kappa shape index (κ1) is 10.8.